The lowest BCUT2D eigenvalue weighted by atomic mass is 9.92. The van der Waals surface area contributed by atoms with Crippen molar-refractivity contribution in [2.75, 3.05) is 21.3 Å². The van der Waals surface area contributed by atoms with Crippen molar-refractivity contribution in [2.24, 2.45) is 0 Å². The molecule has 1 aliphatic rings. The molecular formula is C24H27N3O4. The Morgan fingerprint density at radius 2 is 1.84 bits per heavy atom. The molecule has 0 unspecified atom stereocenters. The van der Waals surface area contributed by atoms with Crippen molar-refractivity contribution in [1.29, 1.82) is 0 Å². The first-order chi connectivity index (χ1) is 15.1. The van der Waals surface area contributed by atoms with Crippen molar-refractivity contribution < 1.29 is 19.0 Å². The summed E-state index contributed by atoms with van der Waals surface area (Å²) in [5.41, 5.74) is 4.09. The number of carbonyl (C=O) groups excluding carboxylic acids is 1. The zero-order valence-corrected chi connectivity index (χ0v) is 18.1. The lowest BCUT2D eigenvalue weighted by Gasteiger charge is -2.24. The fourth-order valence-corrected chi connectivity index (χ4v) is 4.07. The number of carbonyl (C=O) groups is 1. The van der Waals surface area contributed by atoms with Gasteiger partial charge in [0.2, 0.25) is 5.91 Å². The Balaban J connectivity index is 1.48. The number of fused-ring (bicyclic) bond motifs is 1. The van der Waals surface area contributed by atoms with Crippen molar-refractivity contribution in [1.82, 2.24) is 15.1 Å². The van der Waals surface area contributed by atoms with Crippen LogP contribution in [0.4, 0.5) is 0 Å². The van der Waals surface area contributed by atoms with Gasteiger partial charge in [0.05, 0.1) is 45.7 Å². The normalized spacial score (nSPS) is 15.1. The van der Waals surface area contributed by atoms with Gasteiger partial charge in [-0.2, -0.15) is 5.10 Å². The number of nitrogens with one attached hydrogen (secondary N) is 1. The molecule has 2 aromatic carbocycles. The summed E-state index contributed by atoms with van der Waals surface area (Å²) in [5, 5.41) is 7.79. The van der Waals surface area contributed by atoms with E-state index in [9.17, 15) is 4.79 Å². The van der Waals surface area contributed by atoms with Crippen LogP contribution >= 0.6 is 0 Å². The fraction of sp³-hybridized carbons (Fsp3) is 0.333. The van der Waals surface area contributed by atoms with E-state index in [1.165, 1.54) is 0 Å². The summed E-state index contributed by atoms with van der Waals surface area (Å²) >= 11 is 0. The van der Waals surface area contributed by atoms with E-state index in [0.717, 1.165) is 47.5 Å². The maximum Gasteiger partial charge on any atom is 0.224 e. The van der Waals surface area contributed by atoms with Gasteiger partial charge < -0.3 is 19.5 Å². The van der Waals surface area contributed by atoms with E-state index in [1.54, 1.807) is 21.3 Å². The first kappa shape index (κ1) is 20.8. The number of rotatable bonds is 7. The monoisotopic (exact) mass is 421 g/mol. The third-order valence-electron chi connectivity index (χ3n) is 5.65. The van der Waals surface area contributed by atoms with E-state index in [2.05, 4.69) is 10.4 Å². The molecule has 7 nitrogen and oxygen atoms in total. The van der Waals surface area contributed by atoms with E-state index in [0.29, 0.717) is 11.5 Å². The van der Waals surface area contributed by atoms with Gasteiger partial charge in [-0.25, -0.2) is 4.68 Å². The zero-order chi connectivity index (χ0) is 21.8. The molecule has 4 rings (SSSR count). The van der Waals surface area contributed by atoms with E-state index < -0.39 is 0 Å². The molecule has 1 N–H and O–H groups in total. The van der Waals surface area contributed by atoms with Gasteiger partial charge >= 0.3 is 0 Å². The van der Waals surface area contributed by atoms with Crippen LogP contribution in [0.25, 0.3) is 5.69 Å². The summed E-state index contributed by atoms with van der Waals surface area (Å²) < 4.78 is 17.8. The van der Waals surface area contributed by atoms with Crippen molar-refractivity contribution in [2.45, 2.75) is 31.7 Å². The molecule has 1 aliphatic carbocycles. The second-order valence-corrected chi connectivity index (χ2v) is 7.53. The van der Waals surface area contributed by atoms with Crippen LogP contribution in [-0.4, -0.2) is 37.0 Å². The molecule has 1 atom stereocenters. The summed E-state index contributed by atoms with van der Waals surface area (Å²) in [5.74, 6) is 2.05. The molecule has 0 saturated heterocycles. The molecule has 0 radical (unpaired) electrons. The largest absolute Gasteiger partial charge is 0.497 e. The van der Waals surface area contributed by atoms with Crippen molar-refractivity contribution in [3.63, 3.8) is 0 Å². The standard InChI is InChI=1S/C24H27N3O4/c1-29-18-10-8-17(9-11-18)27-21-6-4-5-20(19(21)15-25-27)26-24(28)14-16-7-12-22(30-2)23(13-16)31-3/h7-13,15,20H,4-6,14H2,1-3H3,(H,26,28)/t20-/m1/s1. The molecule has 1 aromatic heterocycles. The van der Waals surface area contributed by atoms with E-state index in [1.807, 2.05) is 53.3 Å². The topological polar surface area (TPSA) is 74.6 Å². The van der Waals surface area contributed by atoms with Crippen LogP contribution in [-0.2, 0) is 17.6 Å². The highest BCUT2D eigenvalue weighted by Gasteiger charge is 2.26. The number of ether oxygens (including phenoxy) is 3. The van der Waals surface area contributed by atoms with Gasteiger partial charge in [-0.1, -0.05) is 6.07 Å². The number of methoxy groups -OCH3 is 3. The molecule has 1 heterocycles. The molecule has 3 aromatic rings. The molecule has 0 aliphatic heterocycles. The molecule has 162 valence electrons. The minimum Gasteiger partial charge on any atom is -0.497 e. The number of hydrogen-bond donors (Lipinski definition) is 1. The molecule has 0 saturated carbocycles. The average molecular weight is 421 g/mol. The first-order valence-corrected chi connectivity index (χ1v) is 10.3. The van der Waals surface area contributed by atoms with E-state index in [4.69, 9.17) is 14.2 Å². The van der Waals surface area contributed by atoms with Gasteiger partial charge in [-0.15, -0.1) is 0 Å². The van der Waals surface area contributed by atoms with Crippen LogP contribution < -0.4 is 19.5 Å². The predicted molar refractivity (Wildman–Crippen MR) is 117 cm³/mol. The summed E-state index contributed by atoms with van der Waals surface area (Å²) in [6, 6.07) is 13.3. The Morgan fingerprint density at radius 1 is 1.06 bits per heavy atom. The molecule has 31 heavy (non-hydrogen) atoms. The van der Waals surface area contributed by atoms with Gasteiger partial charge in [0.1, 0.15) is 5.75 Å². The van der Waals surface area contributed by atoms with Crippen LogP contribution in [0.1, 0.15) is 35.7 Å². The summed E-state index contributed by atoms with van der Waals surface area (Å²) in [4.78, 5) is 12.8. The quantitative estimate of drug-likeness (QED) is 0.631. The van der Waals surface area contributed by atoms with E-state index in [-0.39, 0.29) is 18.4 Å². The predicted octanol–water partition coefficient (Wildman–Crippen LogP) is 3.63. The van der Waals surface area contributed by atoms with Crippen molar-refractivity contribution >= 4 is 5.91 Å². The van der Waals surface area contributed by atoms with Crippen LogP contribution in [0.2, 0.25) is 0 Å². The molecule has 0 spiro atoms. The third-order valence-corrected chi connectivity index (χ3v) is 5.65. The smallest absolute Gasteiger partial charge is 0.224 e. The molecule has 7 heteroatoms. The Morgan fingerprint density at radius 3 is 2.55 bits per heavy atom. The lowest BCUT2D eigenvalue weighted by Crippen LogP contribution is -2.32. The third kappa shape index (κ3) is 4.35. The molecule has 0 bridgehead atoms. The number of aromatic nitrogens is 2. The maximum absolute atomic E-state index is 12.8. The minimum absolute atomic E-state index is 0.0257. The Labute approximate surface area is 181 Å². The van der Waals surface area contributed by atoms with Crippen molar-refractivity contribution in [3.05, 3.63) is 65.5 Å². The number of hydrogen-bond acceptors (Lipinski definition) is 5. The fourth-order valence-electron chi connectivity index (χ4n) is 4.07. The number of nitrogens with zero attached hydrogens (tertiary/aromatic N) is 2. The number of benzene rings is 2. The number of amides is 1. The van der Waals surface area contributed by atoms with Crippen LogP contribution in [0.15, 0.2) is 48.7 Å². The van der Waals surface area contributed by atoms with E-state index >= 15 is 0 Å². The average Bonchev–Trinajstić information content (AvgIpc) is 3.24. The Hall–Kier alpha value is -3.48. The molecule has 1 amide bonds. The van der Waals surface area contributed by atoms with Gasteiger partial charge in [-0.3, -0.25) is 4.79 Å². The van der Waals surface area contributed by atoms with Gasteiger partial charge in [0, 0.05) is 11.3 Å². The maximum atomic E-state index is 12.8. The molecule has 0 fully saturated rings. The van der Waals surface area contributed by atoms with Crippen LogP contribution in [0.5, 0.6) is 17.2 Å². The lowest BCUT2D eigenvalue weighted by molar-refractivity contribution is -0.121. The van der Waals surface area contributed by atoms with Crippen LogP contribution in [0, 0.1) is 0 Å². The summed E-state index contributed by atoms with van der Waals surface area (Å²) in [6.07, 6.45) is 4.98. The highest BCUT2D eigenvalue weighted by atomic mass is 16.5. The highest BCUT2D eigenvalue weighted by Crippen LogP contribution is 2.32. The molecular weight excluding hydrogens is 394 g/mol. The zero-order valence-electron chi connectivity index (χ0n) is 18.1. The highest BCUT2D eigenvalue weighted by molar-refractivity contribution is 5.79. The van der Waals surface area contributed by atoms with Gasteiger partial charge in [-0.05, 0) is 61.2 Å². The Kier molecular flexibility index (Phi) is 6.11. The minimum atomic E-state index is -0.0385. The summed E-state index contributed by atoms with van der Waals surface area (Å²) in [6.45, 7) is 0. The van der Waals surface area contributed by atoms with Gasteiger partial charge in [0.25, 0.3) is 0 Å². The van der Waals surface area contributed by atoms with Crippen molar-refractivity contribution in [3.8, 4) is 22.9 Å². The second-order valence-electron chi connectivity index (χ2n) is 7.53. The van der Waals surface area contributed by atoms with Gasteiger partial charge in [0.15, 0.2) is 11.5 Å². The van der Waals surface area contributed by atoms with Crippen LogP contribution in [0.3, 0.4) is 0 Å². The SMILES string of the molecule is COc1ccc(-n2ncc3c2CCC[C@H]3NC(=O)Cc2ccc(OC)c(OC)c2)cc1. The summed E-state index contributed by atoms with van der Waals surface area (Å²) in [7, 11) is 4.84. The Bertz CT molecular complexity index is 1060. The second kappa shape index (κ2) is 9.12. The first-order valence-electron chi connectivity index (χ1n) is 10.3.